The van der Waals surface area contributed by atoms with E-state index >= 15 is 0 Å². The Bertz CT molecular complexity index is 826. The van der Waals surface area contributed by atoms with Gasteiger partial charge in [0.25, 0.3) is 0 Å². The van der Waals surface area contributed by atoms with E-state index < -0.39 is 0 Å². The van der Waals surface area contributed by atoms with Crippen LogP contribution in [0.5, 0.6) is 0 Å². The molecule has 4 heteroatoms. The quantitative estimate of drug-likeness (QED) is 0.549. The molecule has 0 radical (unpaired) electrons. The molecule has 26 heavy (non-hydrogen) atoms. The van der Waals surface area contributed by atoms with E-state index in [-0.39, 0.29) is 5.92 Å². The second-order valence-corrected chi connectivity index (χ2v) is 6.94. The molecule has 0 fully saturated rings. The fourth-order valence-corrected chi connectivity index (χ4v) is 3.27. The van der Waals surface area contributed by atoms with Gasteiger partial charge in [0.1, 0.15) is 0 Å². The van der Waals surface area contributed by atoms with Gasteiger partial charge in [0, 0.05) is 23.2 Å². The van der Waals surface area contributed by atoms with Gasteiger partial charge in [-0.15, -0.1) is 0 Å². The summed E-state index contributed by atoms with van der Waals surface area (Å²) in [6, 6.07) is 26.7. The van der Waals surface area contributed by atoms with E-state index in [1.807, 2.05) is 37.3 Å². The molecule has 132 valence electrons. The second-order valence-electron chi connectivity index (χ2n) is 6.12. The van der Waals surface area contributed by atoms with Gasteiger partial charge in [-0.25, -0.2) is 0 Å². The third kappa shape index (κ3) is 4.63. The summed E-state index contributed by atoms with van der Waals surface area (Å²) in [6.45, 7) is 2.68. The summed E-state index contributed by atoms with van der Waals surface area (Å²) in [7, 11) is 0. The molecule has 0 saturated heterocycles. The van der Waals surface area contributed by atoms with Crippen molar-refractivity contribution in [3.05, 3.63) is 101 Å². The van der Waals surface area contributed by atoms with Gasteiger partial charge in [-0.2, -0.15) is 0 Å². The highest BCUT2D eigenvalue weighted by Gasteiger charge is 2.14. The van der Waals surface area contributed by atoms with E-state index in [2.05, 4.69) is 59.2 Å². The van der Waals surface area contributed by atoms with Crippen LogP contribution < -0.4 is 10.6 Å². The molecule has 0 bridgehead atoms. The Morgan fingerprint density at radius 2 is 1.46 bits per heavy atom. The Morgan fingerprint density at radius 3 is 2.04 bits per heavy atom. The number of thiocarbonyl (C=S) groups is 1. The van der Waals surface area contributed by atoms with E-state index in [1.165, 1.54) is 11.1 Å². The van der Waals surface area contributed by atoms with Crippen molar-refractivity contribution in [2.45, 2.75) is 12.8 Å². The molecule has 0 spiro atoms. The summed E-state index contributed by atoms with van der Waals surface area (Å²) in [5.74, 6) is 0.220. The van der Waals surface area contributed by atoms with E-state index in [0.29, 0.717) is 11.7 Å². The van der Waals surface area contributed by atoms with Gasteiger partial charge in [0.05, 0.1) is 0 Å². The molecule has 0 unspecified atom stereocenters. The first-order valence-electron chi connectivity index (χ1n) is 8.55. The van der Waals surface area contributed by atoms with Crippen LogP contribution in [0.25, 0.3) is 0 Å². The molecule has 3 aromatic carbocycles. The number of nitrogens with one attached hydrogen (secondary N) is 2. The molecule has 2 nitrogen and oxygen atoms in total. The lowest BCUT2D eigenvalue weighted by atomic mass is 9.91. The van der Waals surface area contributed by atoms with Crippen LogP contribution in [-0.2, 0) is 0 Å². The Labute approximate surface area is 165 Å². The summed E-state index contributed by atoms with van der Waals surface area (Å²) in [4.78, 5) is 0. The molecule has 0 aromatic heterocycles. The number of rotatable bonds is 5. The molecular formula is C22H21ClN2S. The van der Waals surface area contributed by atoms with Gasteiger partial charge >= 0.3 is 0 Å². The van der Waals surface area contributed by atoms with Crippen LogP contribution in [0.1, 0.15) is 22.6 Å². The summed E-state index contributed by atoms with van der Waals surface area (Å²) in [5, 5.41) is 7.91. The molecule has 3 rings (SSSR count). The van der Waals surface area contributed by atoms with Crippen molar-refractivity contribution in [3.63, 3.8) is 0 Å². The van der Waals surface area contributed by atoms with Crippen molar-refractivity contribution in [1.82, 2.24) is 5.32 Å². The van der Waals surface area contributed by atoms with Gasteiger partial charge in [0.15, 0.2) is 5.11 Å². The van der Waals surface area contributed by atoms with Crippen molar-refractivity contribution in [1.29, 1.82) is 0 Å². The lowest BCUT2D eigenvalue weighted by molar-refractivity contribution is 0.761. The Morgan fingerprint density at radius 1 is 0.885 bits per heavy atom. The molecule has 0 heterocycles. The monoisotopic (exact) mass is 380 g/mol. The Kier molecular flexibility index (Phi) is 6.26. The van der Waals surface area contributed by atoms with E-state index in [1.54, 1.807) is 0 Å². The molecule has 0 aliphatic heterocycles. The Balaban J connectivity index is 1.72. The first kappa shape index (κ1) is 18.4. The zero-order valence-electron chi connectivity index (χ0n) is 14.6. The molecular weight excluding hydrogens is 360 g/mol. The lowest BCUT2D eigenvalue weighted by Gasteiger charge is -2.20. The van der Waals surface area contributed by atoms with Gasteiger partial charge in [-0.3, -0.25) is 0 Å². The minimum atomic E-state index is 0.220. The van der Waals surface area contributed by atoms with Crippen molar-refractivity contribution in [2.24, 2.45) is 0 Å². The smallest absolute Gasteiger partial charge is 0.170 e. The molecule has 0 aliphatic carbocycles. The average Bonchev–Trinajstić information content (AvgIpc) is 2.67. The molecule has 3 aromatic rings. The predicted molar refractivity (Wildman–Crippen MR) is 115 cm³/mol. The van der Waals surface area contributed by atoms with Gasteiger partial charge in [0.2, 0.25) is 0 Å². The summed E-state index contributed by atoms with van der Waals surface area (Å²) in [5.41, 5.74) is 4.42. The first-order chi connectivity index (χ1) is 12.6. The molecule has 0 amide bonds. The number of anilines is 1. The summed E-state index contributed by atoms with van der Waals surface area (Å²) in [6.07, 6.45) is 0. The minimum Gasteiger partial charge on any atom is -0.361 e. The fourth-order valence-electron chi connectivity index (χ4n) is 2.90. The third-order valence-electron chi connectivity index (χ3n) is 4.39. The average molecular weight is 381 g/mol. The fraction of sp³-hybridized carbons (Fsp3) is 0.136. The summed E-state index contributed by atoms with van der Waals surface area (Å²) >= 11 is 11.7. The van der Waals surface area contributed by atoms with Crippen LogP contribution in [-0.4, -0.2) is 11.7 Å². The highest BCUT2D eigenvalue weighted by Crippen LogP contribution is 2.25. The predicted octanol–water partition coefficient (Wildman–Crippen LogP) is 5.77. The molecule has 0 aliphatic rings. The maximum absolute atomic E-state index is 6.18. The van der Waals surface area contributed by atoms with Crippen molar-refractivity contribution in [2.75, 3.05) is 11.9 Å². The minimum absolute atomic E-state index is 0.220. The van der Waals surface area contributed by atoms with E-state index in [9.17, 15) is 0 Å². The zero-order chi connectivity index (χ0) is 18.4. The first-order valence-corrected chi connectivity index (χ1v) is 9.33. The highest BCUT2D eigenvalue weighted by atomic mass is 35.5. The third-order valence-corrected chi connectivity index (χ3v) is 5.04. The zero-order valence-corrected chi connectivity index (χ0v) is 16.1. The Hall–Kier alpha value is -2.36. The SMILES string of the molecule is Cc1c(Cl)cccc1NC(=S)NCC(c1ccccc1)c1ccccc1. The van der Waals surface area contributed by atoms with Crippen LogP contribution in [0.3, 0.4) is 0 Å². The lowest BCUT2D eigenvalue weighted by Crippen LogP contribution is -2.32. The highest BCUT2D eigenvalue weighted by molar-refractivity contribution is 7.80. The van der Waals surface area contributed by atoms with Crippen LogP contribution in [0, 0.1) is 6.92 Å². The number of halogens is 1. The van der Waals surface area contributed by atoms with Crippen molar-refractivity contribution in [3.8, 4) is 0 Å². The van der Waals surface area contributed by atoms with Crippen LogP contribution in [0.2, 0.25) is 5.02 Å². The molecule has 0 saturated carbocycles. The van der Waals surface area contributed by atoms with Gasteiger partial charge in [-0.1, -0.05) is 78.3 Å². The molecule has 0 atom stereocenters. The van der Waals surface area contributed by atoms with Crippen LogP contribution in [0.15, 0.2) is 78.9 Å². The van der Waals surface area contributed by atoms with Gasteiger partial charge < -0.3 is 10.6 Å². The molecule has 2 N–H and O–H groups in total. The van der Waals surface area contributed by atoms with Crippen LogP contribution in [0.4, 0.5) is 5.69 Å². The van der Waals surface area contributed by atoms with Crippen molar-refractivity contribution >= 4 is 34.6 Å². The largest absolute Gasteiger partial charge is 0.361 e. The maximum atomic E-state index is 6.18. The second kappa shape index (κ2) is 8.84. The standard InChI is InChI=1S/C22H21ClN2S/c1-16-20(23)13-8-14-21(16)25-22(26)24-15-19(17-9-4-2-5-10-17)18-11-6-3-7-12-18/h2-14,19H,15H2,1H3,(H2,24,25,26). The maximum Gasteiger partial charge on any atom is 0.170 e. The van der Waals surface area contributed by atoms with Gasteiger partial charge in [-0.05, 0) is 48.0 Å². The van der Waals surface area contributed by atoms with Crippen LogP contribution >= 0.6 is 23.8 Å². The van der Waals surface area contributed by atoms with Crippen molar-refractivity contribution < 1.29 is 0 Å². The topological polar surface area (TPSA) is 24.1 Å². The summed E-state index contributed by atoms with van der Waals surface area (Å²) < 4.78 is 0. The number of hydrogen-bond acceptors (Lipinski definition) is 1. The number of hydrogen-bond donors (Lipinski definition) is 2. The van der Waals surface area contributed by atoms with E-state index in [4.69, 9.17) is 23.8 Å². The van der Waals surface area contributed by atoms with E-state index in [0.717, 1.165) is 16.3 Å². The normalized spacial score (nSPS) is 10.6. The number of benzene rings is 3.